The van der Waals surface area contributed by atoms with Crippen LogP contribution in [0.5, 0.6) is 0 Å². The van der Waals surface area contributed by atoms with Gasteiger partial charge in [-0.05, 0) is 39.7 Å². The number of hydrogen-bond acceptors (Lipinski definition) is 7. The van der Waals surface area contributed by atoms with Gasteiger partial charge < -0.3 is 15.0 Å². The molecule has 37 heavy (non-hydrogen) atoms. The number of carbonyl (C=O) groups is 1. The minimum absolute atomic E-state index is 0.0351. The molecule has 202 valence electrons. The van der Waals surface area contributed by atoms with E-state index in [1.807, 2.05) is 0 Å². The molecule has 1 aromatic carbocycles. The molecular formula is C25H31F3N4O4S. The van der Waals surface area contributed by atoms with Crippen molar-refractivity contribution in [2.45, 2.75) is 70.3 Å². The third-order valence-corrected chi connectivity index (χ3v) is 7.36. The van der Waals surface area contributed by atoms with Gasteiger partial charge in [-0.15, -0.1) is 0 Å². The van der Waals surface area contributed by atoms with Gasteiger partial charge >= 0.3 is 6.09 Å². The zero-order chi connectivity index (χ0) is 27.3. The van der Waals surface area contributed by atoms with Crippen molar-refractivity contribution in [2.75, 3.05) is 23.5 Å². The SMILES string of the molecule is C[C@H]1[C@H](F)CN1c1nc(-c2ccc(C(CS(C)(=O)=O)NC(=O)OC(C)(C)C)cc2)c2c(n1)C(F)(F)CC2. The van der Waals surface area contributed by atoms with E-state index in [2.05, 4.69) is 15.3 Å². The van der Waals surface area contributed by atoms with Gasteiger partial charge in [0.05, 0.1) is 30.1 Å². The number of amides is 1. The molecule has 2 aliphatic rings. The minimum atomic E-state index is -3.48. The largest absolute Gasteiger partial charge is 0.444 e. The molecule has 0 spiro atoms. The number of nitrogens with one attached hydrogen (secondary N) is 1. The first-order valence-electron chi connectivity index (χ1n) is 12.0. The van der Waals surface area contributed by atoms with Crippen molar-refractivity contribution >= 4 is 21.9 Å². The summed E-state index contributed by atoms with van der Waals surface area (Å²) in [6.07, 6.45) is -1.07. The second kappa shape index (κ2) is 9.45. The highest BCUT2D eigenvalue weighted by molar-refractivity contribution is 7.90. The summed E-state index contributed by atoms with van der Waals surface area (Å²) in [7, 11) is -3.48. The summed E-state index contributed by atoms with van der Waals surface area (Å²) in [6, 6.07) is 5.11. The number of ether oxygens (including phenoxy) is 1. The molecule has 2 aromatic rings. The van der Waals surface area contributed by atoms with Crippen LogP contribution in [-0.4, -0.2) is 60.8 Å². The fourth-order valence-corrected chi connectivity index (χ4v) is 5.34. The summed E-state index contributed by atoms with van der Waals surface area (Å²) in [5.74, 6) is -3.41. The van der Waals surface area contributed by atoms with Crippen molar-refractivity contribution in [3.05, 3.63) is 41.1 Å². The molecule has 3 atom stereocenters. The van der Waals surface area contributed by atoms with Crippen LogP contribution in [-0.2, 0) is 26.9 Å². The van der Waals surface area contributed by atoms with Gasteiger partial charge in [-0.25, -0.2) is 27.6 Å². The van der Waals surface area contributed by atoms with E-state index in [0.29, 0.717) is 22.4 Å². The molecule has 12 heteroatoms. The molecule has 1 aromatic heterocycles. The van der Waals surface area contributed by atoms with E-state index in [-0.39, 0.29) is 36.8 Å². The normalized spacial score (nSPS) is 21.7. The summed E-state index contributed by atoms with van der Waals surface area (Å²) in [5, 5.41) is 2.60. The van der Waals surface area contributed by atoms with Crippen LogP contribution in [0.4, 0.5) is 23.9 Å². The first-order chi connectivity index (χ1) is 17.0. The van der Waals surface area contributed by atoms with Crippen LogP contribution in [0.25, 0.3) is 11.3 Å². The number of alkyl carbamates (subject to hydrolysis) is 1. The third-order valence-electron chi connectivity index (χ3n) is 6.42. The lowest BCUT2D eigenvalue weighted by molar-refractivity contribution is -0.00599. The van der Waals surface area contributed by atoms with Gasteiger partial charge in [-0.1, -0.05) is 24.3 Å². The van der Waals surface area contributed by atoms with Crippen LogP contribution in [0, 0.1) is 0 Å². The highest BCUT2D eigenvalue weighted by atomic mass is 32.2. The molecular weight excluding hydrogens is 509 g/mol. The quantitative estimate of drug-likeness (QED) is 0.582. The van der Waals surface area contributed by atoms with Crippen LogP contribution in [0.2, 0.25) is 0 Å². The van der Waals surface area contributed by atoms with E-state index in [9.17, 15) is 26.4 Å². The third kappa shape index (κ3) is 6.00. The number of halogens is 3. The van der Waals surface area contributed by atoms with E-state index in [1.54, 1.807) is 56.9 Å². The molecule has 1 aliphatic carbocycles. The van der Waals surface area contributed by atoms with Crippen LogP contribution in [0.1, 0.15) is 57.0 Å². The molecule has 0 radical (unpaired) electrons. The van der Waals surface area contributed by atoms with Gasteiger partial charge in [0, 0.05) is 23.8 Å². The summed E-state index contributed by atoms with van der Waals surface area (Å²) < 4.78 is 72.4. The molecule has 1 N–H and O–H groups in total. The smallest absolute Gasteiger partial charge is 0.408 e. The second-order valence-electron chi connectivity index (χ2n) is 10.7. The Morgan fingerprint density at radius 1 is 1.24 bits per heavy atom. The lowest BCUT2D eigenvalue weighted by Gasteiger charge is -2.42. The summed E-state index contributed by atoms with van der Waals surface area (Å²) >= 11 is 0. The van der Waals surface area contributed by atoms with Crippen LogP contribution in [0.3, 0.4) is 0 Å². The molecule has 1 fully saturated rings. The van der Waals surface area contributed by atoms with Crippen LogP contribution < -0.4 is 10.2 Å². The number of alkyl halides is 3. The van der Waals surface area contributed by atoms with Crippen LogP contribution >= 0.6 is 0 Å². The highest BCUT2D eigenvalue weighted by Crippen LogP contribution is 2.45. The maximum atomic E-state index is 14.6. The van der Waals surface area contributed by atoms with E-state index < -0.39 is 45.7 Å². The van der Waals surface area contributed by atoms with Gasteiger partial charge in [0.1, 0.15) is 27.3 Å². The van der Waals surface area contributed by atoms with Gasteiger partial charge in [-0.3, -0.25) is 0 Å². The number of hydrogen-bond donors (Lipinski definition) is 1. The first kappa shape index (κ1) is 27.2. The predicted molar refractivity (Wildman–Crippen MR) is 133 cm³/mol. The lowest BCUT2D eigenvalue weighted by Crippen LogP contribution is -2.57. The van der Waals surface area contributed by atoms with Gasteiger partial charge in [0.15, 0.2) is 0 Å². The summed E-state index contributed by atoms with van der Waals surface area (Å²) in [5.41, 5.74) is 0.582. The van der Waals surface area contributed by atoms with Crippen molar-refractivity contribution in [3.8, 4) is 11.3 Å². The Bertz CT molecular complexity index is 1300. The van der Waals surface area contributed by atoms with Gasteiger partial charge in [0.25, 0.3) is 5.92 Å². The summed E-state index contributed by atoms with van der Waals surface area (Å²) in [4.78, 5) is 22.6. The Hall–Kier alpha value is -2.89. The van der Waals surface area contributed by atoms with Crippen molar-refractivity contribution in [1.82, 2.24) is 15.3 Å². The number of nitrogens with zero attached hydrogens (tertiary/aromatic N) is 3. The Balaban J connectivity index is 1.68. The molecule has 1 unspecified atom stereocenters. The molecule has 1 amide bonds. The van der Waals surface area contributed by atoms with E-state index in [1.165, 1.54) is 0 Å². The number of sulfone groups is 1. The number of benzene rings is 1. The molecule has 0 bridgehead atoms. The zero-order valence-electron chi connectivity index (χ0n) is 21.4. The standard InChI is InChI=1S/C25H31F3N4O4S/c1-14-18(26)12-32(14)22-30-20(17-10-11-25(27,28)21(17)31-22)16-8-6-15(7-9-16)19(13-37(5,34)35)29-23(33)36-24(2,3)4/h6-9,14,18-19H,10-13H2,1-5H3,(H,29,33)/t14-,18+,19?/m0/s1. The first-order valence-corrected chi connectivity index (χ1v) is 14.1. The number of anilines is 1. The topological polar surface area (TPSA) is 101 Å². The molecule has 2 heterocycles. The second-order valence-corrected chi connectivity index (χ2v) is 12.9. The predicted octanol–water partition coefficient (Wildman–Crippen LogP) is 4.34. The minimum Gasteiger partial charge on any atom is -0.444 e. The van der Waals surface area contributed by atoms with Crippen molar-refractivity contribution in [1.29, 1.82) is 0 Å². The zero-order valence-corrected chi connectivity index (χ0v) is 22.2. The van der Waals surface area contributed by atoms with E-state index >= 15 is 0 Å². The molecule has 0 saturated carbocycles. The Labute approximate surface area is 214 Å². The van der Waals surface area contributed by atoms with E-state index in [4.69, 9.17) is 4.74 Å². The summed E-state index contributed by atoms with van der Waals surface area (Å²) in [6.45, 7) is 6.77. The fraction of sp³-hybridized carbons (Fsp3) is 0.560. The lowest BCUT2D eigenvalue weighted by atomic mass is 10.0. The van der Waals surface area contributed by atoms with E-state index in [0.717, 1.165) is 6.26 Å². The number of fused-ring (bicyclic) bond motifs is 1. The Morgan fingerprint density at radius 3 is 2.43 bits per heavy atom. The number of rotatable bonds is 6. The Kier molecular flexibility index (Phi) is 6.93. The fourth-order valence-electron chi connectivity index (χ4n) is 4.45. The molecule has 1 aliphatic heterocycles. The average Bonchev–Trinajstić information content (AvgIpc) is 3.08. The monoisotopic (exact) mass is 540 g/mol. The molecule has 1 saturated heterocycles. The number of carbonyl (C=O) groups excluding carboxylic acids is 1. The average molecular weight is 541 g/mol. The molecule has 8 nitrogen and oxygen atoms in total. The van der Waals surface area contributed by atoms with Crippen LogP contribution in [0.15, 0.2) is 24.3 Å². The van der Waals surface area contributed by atoms with Gasteiger partial charge in [-0.2, -0.15) is 8.78 Å². The van der Waals surface area contributed by atoms with Gasteiger partial charge in [0.2, 0.25) is 5.95 Å². The number of aromatic nitrogens is 2. The molecule has 4 rings (SSSR count). The van der Waals surface area contributed by atoms with Crippen molar-refractivity contribution < 1.29 is 31.1 Å². The van der Waals surface area contributed by atoms with Crippen molar-refractivity contribution in [3.63, 3.8) is 0 Å². The Morgan fingerprint density at radius 2 is 1.89 bits per heavy atom. The van der Waals surface area contributed by atoms with Crippen molar-refractivity contribution in [2.24, 2.45) is 0 Å². The maximum absolute atomic E-state index is 14.6. The highest BCUT2D eigenvalue weighted by Gasteiger charge is 2.45. The maximum Gasteiger partial charge on any atom is 0.408 e.